The predicted octanol–water partition coefficient (Wildman–Crippen LogP) is 5.55. The summed E-state index contributed by atoms with van der Waals surface area (Å²) >= 11 is 5.64. The fourth-order valence-electron chi connectivity index (χ4n) is 4.62. The van der Waals surface area contributed by atoms with E-state index >= 15 is 0 Å². The Labute approximate surface area is 295 Å². The molecule has 0 unspecified atom stereocenters. The molecule has 47 heavy (non-hydrogen) atoms. The monoisotopic (exact) mass is 822 g/mol. The molecule has 3 aromatic carbocycles. The SMILES string of the molecule is CCOc1cc([C@H]2NC(=O)NC(C)=C2C(=O)OC)ccc1OC[C@@H](O)N/N=C\c1cc(I)c(OCc2ccc(Br)cc2)c(OCC)c1. The van der Waals surface area contributed by atoms with Crippen LogP contribution in [0, 0.1) is 3.57 Å². The van der Waals surface area contributed by atoms with Crippen LogP contribution in [0.15, 0.2) is 75.4 Å². The number of carbonyl (C=O) groups is 2. The predicted molar refractivity (Wildman–Crippen MR) is 188 cm³/mol. The van der Waals surface area contributed by atoms with Crippen LogP contribution >= 0.6 is 38.5 Å². The molecule has 1 aliphatic rings. The van der Waals surface area contributed by atoms with Gasteiger partial charge in [-0.15, -0.1) is 0 Å². The van der Waals surface area contributed by atoms with Gasteiger partial charge in [0.1, 0.15) is 13.2 Å². The molecule has 0 radical (unpaired) electrons. The molecule has 0 saturated heterocycles. The van der Waals surface area contributed by atoms with Crippen molar-refractivity contribution in [3.63, 3.8) is 0 Å². The first-order chi connectivity index (χ1) is 22.6. The van der Waals surface area contributed by atoms with Crippen LogP contribution in [-0.4, -0.2) is 56.5 Å². The van der Waals surface area contributed by atoms with Crippen LogP contribution in [0.1, 0.15) is 43.5 Å². The van der Waals surface area contributed by atoms with E-state index in [9.17, 15) is 14.7 Å². The van der Waals surface area contributed by atoms with E-state index in [1.807, 2.05) is 50.2 Å². The lowest BCUT2D eigenvalue weighted by Crippen LogP contribution is -2.45. The smallest absolute Gasteiger partial charge is 0.337 e. The van der Waals surface area contributed by atoms with Gasteiger partial charge in [-0.2, -0.15) is 5.10 Å². The highest BCUT2D eigenvalue weighted by Gasteiger charge is 2.32. The number of esters is 1. The number of aliphatic hydroxyl groups is 1. The molecule has 12 nitrogen and oxygen atoms in total. The van der Waals surface area contributed by atoms with E-state index < -0.39 is 24.3 Å². The van der Waals surface area contributed by atoms with Crippen molar-refractivity contribution in [2.45, 2.75) is 39.6 Å². The van der Waals surface area contributed by atoms with Crippen molar-refractivity contribution in [1.29, 1.82) is 0 Å². The highest BCUT2D eigenvalue weighted by molar-refractivity contribution is 14.1. The van der Waals surface area contributed by atoms with Gasteiger partial charge in [0.15, 0.2) is 29.2 Å². The summed E-state index contributed by atoms with van der Waals surface area (Å²) in [4.78, 5) is 24.7. The molecule has 0 aliphatic carbocycles. The summed E-state index contributed by atoms with van der Waals surface area (Å²) in [7, 11) is 1.28. The number of carbonyl (C=O) groups excluding carboxylic acids is 2. The number of amides is 2. The molecular weight excluding hydrogens is 787 g/mol. The van der Waals surface area contributed by atoms with Crippen molar-refractivity contribution in [1.82, 2.24) is 16.1 Å². The molecule has 0 bridgehead atoms. The van der Waals surface area contributed by atoms with Crippen molar-refractivity contribution in [2.75, 3.05) is 26.9 Å². The summed E-state index contributed by atoms with van der Waals surface area (Å²) in [5.74, 6) is 1.38. The van der Waals surface area contributed by atoms with Gasteiger partial charge in [0.05, 0.1) is 41.7 Å². The Morgan fingerprint density at radius 3 is 2.47 bits per heavy atom. The Morgan fingerprint density at radius 1 is 1.04 bits per heavy atom. The Kier molecular flexibility index (Phi) is 13.1. The number of rotatable bonds is 15. The molecule has 250 valence electrons. The number of nitrogens with zero attached hydrogens (tertiary/aromatic N) is 1. The second-order valence-electron chi connectivity index (χ2n) is 10.1. The van der Waals surface area contributed by atoms with Crippen molar-refractivity contribution < 1.29 is 38.4 Å². The Morgan fingerprint density at radius 2 is 1.77 bits per heavy atom. The number of methoxy groups -OCH3 is 1. The number of hydrogen-bond acceptors (Lipinski definition) is 10. The van der Waals surface area contributed by atoms with Crippen LogP contribution in [0.4, 0.5) is 4.79 Å². The minimum absolute atomic E-state index is 0.155. The van der Waals surface area contributed by atoms with Crippen LogP contribution in [0.3, 0.4) is 0 Å². The first kappa shape index (κ1) is 35.8. The van der Waals surface area contributed by atoms with E-state index in [2.05, 4.69) is 59.7 Å². The summed E-state index contributed by atoms with van der Waals surface area (Å²) in [5, 5.41) is 20.0. The van der Waals surface area contributed by atoms with E-state index in [-0.39, 0.29) is 12.2 Å². The first-order valence-corrected chi connectivity index (χ1v) is 16.6. The molecule has 2 amide bonds. The lowest BCUT2D eigenvalue weighted by molar-refractivity contribution is -0.136. The molecule has 0 spiro atoms. The summed E-state index contributed by atoms with van der Waals surface area (Å²) < 4.78 is 30.3. The summed E-state index contributed by atoms with van der Waals surface area (Å²) in [6, 6.07) is 15.4. The van der Waals surface area contributed by atoms with Gasteiger partial charge in [-0.3, -0.25) is 5.43 Å². The third-order valence-electron chi connectivity index (χ3n) is 6.74. The van der Waals surface area contributed by atoms with E-state index in [1.165, 1.54) is 7.11 Å². The lowest BCUT2D eigenvalue weighted by atomic mass is 9.95. The van der Waals surface area contributed by atoms with Gasteiger partial charge in [-0.1, -0.05) is 34.1 Å². The van der Waals surface area contributed by atoms with E-state index in [4.69, 9.17) is 23.7 Å². The fourth-order valence-corrected chi connectivity index (χ4v) is 5.67. The number of aliphatic hydroxyl groups excluding tert-OH is 1. The second-order valence-corrected chi connectivity index (χ2v) is 12.2. The molecule has 0 saturated carbocycles. The number of nitrogens with one attached hydrogen (secondary N) is 3. The molecule has 4 rings (SSSR count). The van der Waals surface area contributed by atoms with Crippen LogP contribution in [0.2, 0.25) is 0 Å². The standard InChI is InChI=1S/C33H36BrIN4O8/c1-5-44-26-15-22(30-29(32(41)43-4)19(3)37-33(42)38-30)9-12-25(26)46-18-28(40)39-36-16-21-13-24(35)31(27(14-21)45-6-2)47-17-20-7-10-23(34)11-8-20/h7-16,28,30,39-40H,5-6,17-18H2,1-4H3,(H2,37,38,42)/b36-16-/t28-,30-/m1/s1. The molecule has 4 N–H and O–H groups in total. The highest BCUT2D eigenvalue weighted by Crippen LogP contribution is 2.36. The first-order valence-electron chi connectivity index (χ1n) is 14.7. The van der Waals surface area contributed by atoms with Gasteiger partial charge in [0, 0.05) is 10.2 Å². The number of halogens is 2. The second kappa shape index (κ2) is 17.2. The average molecular weight is 823 g/mol. The van der Waals surface area contributed by atoms with Crippen LogP contribution in [0.25, 0.3) is 0 Å². The molecular formula is C33H36BrIN4O8. The Hall–Kier alpha value is -4.02. The Bertz CT molecular complexity index is 1630. The molecule has 0 aromatic heterocycles. The average Bonchev–Trinajstić information content (AvgIpc) is 3.04. The maximum absolute atomic E-state index is 12.5. The van der Waals surface area contributed by atoms with Gasteiger partial charge >= 0.3 is 12.0 Å². The summed E-state index contributed by atoms with van der Waals surface area (Å²) in [6.45, 7) is 6.37. The van der Waals surface area contributed by atoms with Crippen molar-refractivity contribution in [3.05, 3.63) is 90.6 Å². The molecule has 1 heterocycles. The highest BCUT2D eigenvalue weighted by atomic mass is 127. The van der Waals surface area contributed by atoms with Gasteiger partial charge in [-0.05, 0) is 96.5 Å². The van der Waals surface area contributed by atoms with Gasteiger partial charge in [0.25, 0.3) is 0 Å². The van der Waals surface area contributed by atoms with Gasteiger partial charge < -0.3 is 39.4 Å². The van der Waals surface area contributed by atoms with Crippen molar-refractivity contribution >= 4 is 56.7 Å². The topological polar surface area (TPSA) is 149 Å². The van der Waals surface area contributed by atoms with Crippen molar-refractivity contribution in [2.24, 2.45) is 5.10 Å². The number of urea groups is 1. The van der Waals surface area contributed by atoms with E-state index in [1.54, 1.807) is 31.3 Å². The van der Waals surface area contributed by atoms with Crippen LogP contribution in [-0.2, 0) is 16.1 Å². The molecule has 0 fully saturated rings. The third kappa shape index (κ3) is 9.74. The van der Waals surface area contributed by atoms with E-state index in [0.29, 0.717) is 54.1 Å². The number of allylic oxidation sites excluding steroid dienone is 1. The number of benzene rings is 3. The minimum Gasteiger partial charge on any atom is -0.490 e. The van der Waals surface area contributed by atoms with Gasteiger partial charge in [-0.25, -0.2) is 9.59 Å². The zero-order chi connectivity index (χ0) is 33.9. The number of ether oxygens (including phenoxy) is 5. The normalized spacial score (nSPS) is 15.0. The maximum Gasteiger partial charge on any atom is 0.337 e. The van der Waals surface area contributed by atoms with Crippen LogP contribution in [0.5, 0.6) is 23.0 Å². The quantitative estimate of drug-likeness (QED) is 0.0509. The maximum atomic E-state index is 12.5. The third-order valence-corrected chi connectivity index (χ3v) is 8.07. The molecule has 2 atom stereocenters. The minimum atomic E-state index is -1.15. The largest absolute Gasteiger partial charge is 0.490 e. The zero-order valence-corrected chi connectivity index (χ0v) is 30.0. The number of hydrazone groups is 1. The summed E-state index contributed by atoms with van der Waals surface area (Å²) in [6.07, 6.45) is 0.411. The van der Waals surface area contributed by atoms with Crippen molar-refractivity contribution in [3.8, 4) is 23.0 Å². The summed E-state index contributed by atoms with van der Waals surface area (Å²) in [5.41, 5.74) is 5.67. The lowest BCUT2D eigenvalue weighted by Gasteiger charge is -2.28. The Balaban J connectivity index is 1.40. The van der Waals surface area contributed by atoms with E-state index in [0.717, 1.165) is 19.2 Å². The number of hydrogen-bond donors (Lipinski definition) is 4. The fraction of sp³-hybridized carbons (Fsp3) is 0.303. The zero-order valence-electron chi connectivity index (χ0n) is 26.3. The molecule has 3 aromatic rings. The van der Waals surface area contributed by atoms with Gasteiger partial charge in [0.2, 0.25) is 0 Å². The van der Waals surface area contributed by atoms with Crippen LogP contribution < -0.4 is 35.0 Å². The molecule has 14 heteroatoms. The molecule has 1 aliphatic heterocycles.